The summed E-state index contributed by atoms with van der Waals surface area (Å²) in [5.74, 6) is 0.397. The summed E-state index contributed by atoms with van der Waals surface area (Å²) in [5.41, 5.74) is 1.11. The van der Waals surface area contributed by atoms with Gasteiger partial charge < -0.3 is 10.1 Å². The number of anilines is 1. The lowest BCUT2D eigenvalue weighted by Gasteiger charge is -2.05. The molecule has 0 radical (unpaired) electrons. The molecule has 0 aliphatic carbocycles. The number of hydrogen-bond acceptors (Lipinski definition) is 5. The molecule has 2 rings (SSSR count). The van der Waals surface area contributed by atoms with Crippen LogP contribution in [0.5, 0.6) is 5.75 Å². The fraction of sp³-hybridized carbons (Fsp3) is 0.154. The van der Waals surface area contributed by atoms with E-state index in [-0.39, 0.29) is 12.5 Å². The van der Waals surface area contributed by atoms with Crippen LogP contribution in [0.2, 0.25) is 5.02 Å². The lowest BCUT2D eigenvalue weighted by Crippen LogP contribution is -2.05. The zero-order valence-corrected chi connectivity index (χ0v) is 12.1. The summed E-state index contributed by atoms with van der Waals surface area (Å²) >= 11 is 7.24. The Hall–Kier alpha value is -2.10. The van der Waals surface area contributed by atoms with Gasteiger partial charge in [0.1, 0.15) is 18.4 Å². The Kier molecular flexibility index (Phi) is 4.56. The summed E-state index contributed by atoms with van der Waals surface area (Å²) in [6, 6.07) is 6.83. The predicted molar refractivity (Wildman–Crippen MR) is 76.9 cm³/mol. The first-order valence-electron chi connectivity index (χ1n) is 5.63. The molecule has 0 saturated heterocycles. The predicted octanol–water partition coefficient (Wildman–Crippen LogP) is 3.21. The van der Waals surface area contributed by atoms with E-state index in [4.69, 9.17) is 21.6 Å². The second-order valence-electron chi connectivity index (χ2n) is 3.87. The van der Waals surface area contributed by atoms with Crippen molar-refractivity contribution in [3.63, 3.8) is 0 Å². The highest BCUT2D eigenvalue weighted by Crippen LogP contribution is 2.23. The molecule has 1 heterocycles. The zero-order valence-electron chi connectivity index (χ0n) is 10.5. The van der Waals surface area contributed by atoms with Gasteiger partial charge in [-0.05, 0) is 12.1 Å². The lowest BCUT2D eigenvalue weighted by atomic mass is 10.2. The fourth-order valence-electron chi connectivity index (χ4n) is 1.41. The van der Waals surface area contributed by atoms with Crippen LogP contribution in [0.15, 0.2) is 23.6 Å². The van der Waals surface area contributed by atoms with Crippen molar-refractivity contribution in [1.82, 2.24) is 4.98 Å². The van der Waals surface area contributed by atoms with Crippen molar-refractivity contribution in [2.75, 3.05) is 5.32 Å². The van der Waals surface area contributed by atoms with Gasteiger partial charge in [0.2, 0.25) is 5.91 Å². The van der Waals surface area contributed by atoms with Crippen molar-refractivity contribution in [1.29, 1.82) is 5.26 Å². The SMILES string of the molecule is CC(=O)Nc1nc(COc2ccc(C#N)c(Cl)c2)cs1. The molecule has 0 saturated carbocycles. The van der Waals surface area contributed by atoms with Gasteiger partial charge in [0.25, 0.3) is 0 Å². The average molecular weight is 308 g/mol. The number of benzene rings is 1. The molecule has 1 N–H and O–H groups in total. The number of carbonyl (C=O) groups excluding carboxylic acids is 1. The largest absolute Gasteiger partial charge is 0.487 e. The number of nitrogens with zero attached hydrogens (tertiary/aromatic N) is 2. The molecule has 0 unspecified atom stereocenters. The van der Waals surface area contributed by atoms with Gasteiger partial charge in [-0.1, -0.05) is 11.6 Å². The van der Waals surface area contributed by atoms with Gasteiger partial charge in [-0.3, -0.25) is 4.79 Å². The standard InChI is InChI=1S/C13H10ClN3O2S/c1-8(18)16-13-17-10(7-20-13)6-19-11-3-2-9(5-15)12(14)4-11/h2-4,7H,6H2,1H3,(H,16,17,18). The van der Waals surface area contributed by atoms with Gasteiger partial charge in [-0.15, -0.1) is 11.3 Å². The summed E-state index contributed by atoms with van der Waals surface area (Å²) in [6.07, 6.45) is 0. The first-order chi connectivity index (χ1) is 9.58. The van der Waals surface area contributed by atoms with E-state index in [0.29, 0.717) is 27.2 Å². The van der Waals surface area contributed by atoms with E-state index in [2.05, 4.69) is 10.3 Å². The van der Waals surface area contributed by atoms with Crippen LogP contribution in [0, 0.1) is 11.3 Å². The molecule has 2 aromatic rings. The van der Waals surface area contributed by atoms with Crippen molar-refractivity contribution in [2.45, 2.75) is 13.5 Å². The van der Waals surface area contributed by atoms with E-state index in [0.717, 1.165) is 0 Å². The zero-order chi connectivity index (χ0) is 14.5. The number of ether oxygens (including phenoxy) is 1. The van der Waals surface area contributed by atoms with Gasteiger partial charge in [0.05, 0.1) is 16.3 Å². The van der Waals surface area contributed by atoms with Crippen molar-refractivity contribution in [3.05, 3.63) is 39.9 Å². The van der Waals surface area contributed by atoms with E-state index in [1.807, 2.05) is 6.07 Å². The van der Waals surface area contributed by atoms with Gasteiger partial charge in [-0.2, -0.15) is 5.26 Å². The Morgan fingerprint density at radius 3 is 3.05 bits per heavy atom. The molecule has 0 atom stereocenters. The van der Waals surface area contributed by atoms with Crippen LogP contribution < -0.4 is 10.1 Å². The van der Waals surface area contributed by atoms with Crippen LogP contribution in [0.4, 0.5) is 5.13 Å². The van der Waals surface area contributed by atoms with Crippen molar-refractivity contribution in [2.24, 2.45) is 0 Å². The average Bonchev–Trinajstić information content (AvgIpc) is 2.83. The highest BCUT2D eigenvalue weighted by molar-refractivity contribution is 7.13. The molecule has 0 bridgehead atoms. The van der Waals surface area contributed by atoms with Crippen LogP contribution in [0.3, 0.4) is 0 Å². The van der Waals surface area contributed by atoms with E-state index in [1.54, 1.807) is 23.6 Å². The van der Waals surface area contributed by atoms with Crippen LogP contribution in [-0.4, -0.2) is 10.9 Å². The van der Waals surface area contributed by atoms with Crippen molar-refractivity contribution >= 4 is 34.0 Å². The highest BCUT2D eigenvalue weighted by atomic mass is 35.5. The van der Waals surface area contributed by atoms with E-state index < -0.39 is 0 Å². The Bertz CT molecular complexity index is 678. The molecular formula is C13H10ClN3O2S. The smallest absolute Gasteiger partial charge is 0.223 e. The molecule has 20 heavy (non-hydrogen) atoms. The summed E-state index contributed by atoms with van der Waals surface area (Å²) in [7, 11) is 0. The number of aromatic nitrogens is 1. The molecule has 0 aliphatic heterocycles. The molecule has 0 fully saturated rings. The third-order valence-electron chi connectivity index (χ3n) is 2.28. The van der Waals surface area contributed by atoms with Gasteiger partial charge >= 0.3 is 0 Å². The van der Waals surface area contributed by atoms with Crippen LogP contribution in [0.1, 0.15) is 18.2 Å². The lowest BCUT2D eigenvalue weighted by molar-refractivity contribution is -0.114. The normalized spacial score (nSPS) is 9.85. The molecule has 7 heteroatoms. The molecule has 0 aliphatic rings. The Balaban J connectivity index is 1.98. The number of nitrogens with one attached hydrogen (secondary N) is 1. The first-order valence-corrected chi connectivity index (χ1v) is 6.88. The number of rotatable bonds is 4. The minimum Gasteiger partial charge on any atom is -0.487 e. The van der Waals surface area contributed by atoms with Crippen LogP contribution in [-0.2, 0) is 11.4 Å². The highest BCUT2D eigenvalue weighted by Gasteiger charge is 2.06. The maximum absolute atomic E-state index is 10.9. The van der Waals surface area contributed by atoms with Crippen LogP contribution >= 0.6 is 22.9 Å². The van der Waals surface area contributed by atoms with Crippen molar-refractivity contribution in [3.8, 4) is 11.8 Å². The Labute approximate surface area is 124 Å². The number of carbonyl (C=O) groups is 1. The quantitative estimate of drug-likeness (QED) is 0.941. The van der Waals surface area contributed by atoms with Crippen molar-refractivity contribution < 1.29 is 9.53 Å². The first kappa shape index (κ1) is 14.3. The number of amides is 1. The van der Waals surface area contributed by atoms with E-state index in [1.165, 1.54) is 18.3 Å². The maximum Gasteiger partial charge on any atom is 0.223 e. The third-order valence-corrected chi connectivity index (χ3v) is 3.40. The molecule has 102 valence electrons. The Morgan fingerprint density at radius 2 is 2.40 bits per heavy atom. The maximum atomic E-state index is 10.9. The minimum absolute atomic E-state index is 0.161. The monoisotopic (exact) mass is 307 g/mol. The second-order valence-corrected chi connectivity index (χ2v) is 5.13. The number of hydrogen-bond donors (Lipinski definition) is 1. The molecule has 5 nitrogen and oxygen atoms in total. The summed E-state index contributed by atoms with van der Waals surface area (Å²) < 4.78 is 5.53. The van der Waals surface area contributed by atoms with E-state index in [9.17, 15) is 4.79 Å². The third kappa shape index (κ3) is 3.70. The van der Waals surface area contributed by atoms with Crippen LogP contribution in [0.25, 0.3) is 0 Å². The van der Waals surface area contributed by atoms with E-state index >= 15 is 0 Å². The Morgan fingerprint density at radius 1 is 1.60 bits per heavy atom. The molecule has 1 aromatic carbocycles. The molecule has 1 aromatic heterocycles. The number of nitriles is 1. The molecule has 0 spiro atoms. The summed E-state index contributed by atoms with van der Waals surface area (Å²) in [5, 5.41) is 14.1. The topological polar surface area (TPSA) is 75.0 Å². The molecule has 1 amide bonds. The fourth-order valence-corrected chi connectivity index (χ4v) is 2.37. The van der Waals surface area contributed by atoms with Gasteiger partial charge in [-0.25, -0.2) is 4.98 Å². The number of halogens is 1. The summed E-state index contributed by atoms with van der Waals surface area (Å²) in [4.78, 5) is 15.1. The number of thiazole rings is 1. The van der Waals surface area contributed by atoms with Gasteiger partial charge in [0, 0.05) is 18.4 Å². The second kappa shape index (κ2) is 6.37. The molecular weight excluding hydrogens is 298 g/mol. The summed E-state index contributed by atoms with van der Waals surface area (Å²) in [6.45, 7) is 1.69. The minimum atomic E-state index is -0.161. The van der Waals surface area contributed by atoms with Gasteiger partial charge in [0.15, 0.2) is 5.13 Å².